The molecule has 2 aliphatic rings. The number of rotatable bonds is 4. The summed E-state index contributed by atoms with van der Waals surface area (Å²) >= 11 is 0. The number of ether oxygens (including phenoxy) is 1. The Morgan fingerprint density at radius 1 is 1.19 bits per heavy atom. The van der Waals surface area contributed by atoms with E-state index in [2.05, 4.69) is 13.8 Å². The van der Waals surface area contributed by atoms with E-state index in [-0.39, 0.29) is 6.10 Å². The van der Waals surface area contributed by atoms with Gasteiger partial charge in [0.05, 0.1) is 12.2 Å². The van der Waals surface area contributed by atoms with Gasteiger partial charge in [0, 0.05) is 6.61 Å². The molecule has 0 aliphatic heterocycles. The van der Waals surface area contributed by atoms with Gasteiger partial charge in [0.1, 0.15) is 0 Å². The van der Waals surface area contributed by atoms with Crippen molar-refractivity contribution in [3.05, 3.63) is 0 Å². The second-order valence-electron chi connectivity index (χ2n) is 6.08. The van der Waals surface area contributed by atoms with Gasteiger partial charge in [0.2, 0.25) is 0 Å². The van der Waals surface area contributed by atoms with Crippen molar-refractivity contribution in [1.29, 1.82) is 0 Å². The first-order valence-electron chi connectivity index (χ1n) is 6.94. The van der Waals surface area contributed by atoms with Gasteiger partial charge >= 0.3 is 0 Å². The molecule has 0 aromatic heterocycles. The van der Waals surface area contributed by atoms with Gasteiger partial charge in [0.25, 0.3) is 0 Å². The Labute approximate surface area is 99.4 Å². The SMILES string of the molecule is CC1CCC(OCC(C)C2CC[C@@H](O)C2)C1. The summed E-state index contributed by atoms with van der Waals surface area (Å²) in [6.07, 6.45) is 7.48. The molecule has 2 fully saturated rings. The molecule has 4 unspecified atom stereocenters. The highest BCUT2D eigenvalue weighted by atomic mass is 16.5. The lowest BCUT2D eigenvalue weighted by molar-refractivity contribution is 0.0211. The van der Waals surface area contributed by atoms with Gasteiger partial charge < -0.3 is 9.84 Å². The fraction of sp³-hybridized carbons (Fsp3) is 1.00. The fourth-order valence-corrected chi connectivity index (χ4v) is 3.24. The van der Waals surface area contributed by atoms with Crippen molar-refractivity contribution in [2.24, 2.45) is 17.8 Å². The van der Waals surface area contributed by atoms with Crippen LogP contribution in [0.15, 0.2) is 0 Å². The van der Waals surface area contributed by atoms with Gasteiger partial charge in [0.15, 0.2) is 0 Å². The molecular weight excluding hydrogens is 200 g/mol. The Kier molecular flexibility index (Phi) is 4.26. The Morgan fingerprint density at radius 3 is 2.56 bits per heavy atom. The lowest BCUT2D eigenvalue weighted by Gasteiger charge is -2.21. The number of hydrogen-bond donors (Lipinski definition) is 1. The van der Waals surface area contributed by atoms with E-state index >= 15 is 0 Å². The Hall–Kier alpha value is -0.0800. The highest BCUT2D eigenvalue weighted by Crippen LogP contribution is 2.33. The van der Waals surface area contributed by atoms with E-state index in [1.54, 1.807) is 0 Å². The van der Waals surface area contributed by atoms with Crippen molar-refractivity contribution in [1.82, 2.24) is 0 Å². The third-order valence-electron chi connectivity index (χ3n) is 4.49. The fourth-order valence-electron chi connectivity index (χ4n) is 3.24. The molecule has 0 saturated heterocycles. The lowest BCUT2D eigenvalue weighted by Crippen LogP contribution is -2.19. The van der Waals surface area contributed by atoms with Gasteiger partial charge in [-0.25, -0.2) is 0 Å². The summed E-state index contributed by atoms with van der Waals surface area (Å²) in [6, 6.07) is 0. The third-order valence-corrected chi connectivity index (χ3v) is 4.49. The Morgan fingerprint density at radius 2 is 2.00 bits per heavy atom. The average Bonchev–Trinajstić information content (AvgIpc) is 2.84. The van der Waals surface area contributed by atoms with Crippen LogP contribution in [0.3, 0.4) is 0 Å². The topological polar surface area (TPSA) is 29.5 Å². The second kappa shape index (κ2) is 5.50. The summed E-state index contributed by atoms with van der Waals surface area (Å²) in [5, 5.41) is 9.52. The monoisotopic (exact) mass is 226 g/mol. The zero-order valence-corrected chi connectivity index (χ0v) is 10.7. The molecule has 16 heavy (non-hydrogen) atoms. The molecule has 1 N–H and O–H groups in total. The quantitative estimate of drug-likeness (QED) is 0.798. The molecule has 5 atom stereocenters. The maximum Gasteiger partial charge on any atom is 0.0577 e. The maximum absolute atomic E-state index is 9.52. The highest BCUT2D eigenvalue weighted by molar-refractivity contribution is 4.79. The molecule has 2 aliphatic carbocycles. The van der Waals surface area contributed by atoms with Crippen molar-refractivity contribution in [3.8, 4) is 0 Å². The standard InChI is InChI=1S/C14H26O2/c1-10-3-6-14(7-10)16-9-11(2)12-4-5-13(15)8-12/h10-15H,3-9H2,1-2H3/t10?,11?,12?,13-,14?/m1/s1. The van der Waals surface area contributed by atoms with E-state index in [0.29, 0.717) is 17.9 Å². The molecule has 2 rings (SSSR count). The first-order valence-corrected chi connectivity index (χ1v) is 6.94. The van der Waals surface area contributed by atoms with Crippen LogP contribution < -0.4 is 0 Å². The number of aliphatic hydroxyl groups excluding tert-OH is 1. The van der Waals surface area contributed by atoms with E-state index in [1.165, 1.54) is 25.7 Å². The first kappa shape index (κ1) is 12.4. The summed E-state index contributed by atoms with van der Waals surface area (Å²) < 4.78 is 6.00. The zero-order valence-electron chi connectivity index (χ0n) is 10.7. The molecular formula is C14H26O2. The second-order valence-corrected chi connectivity index (χ2v) is 6.08. The van der Waals surface area contributed by atoms with Crippen molar-refractivity contribution < 1.29 is 9.84 Å². The van der Waals surface area contributed by atoms with Gasteiger partial charge in [-0.15, -0.1) is 0 Å². The highest BCUT2D eigenvalue weighted by Gasteiger charge is 2.29. The number of aliphatic hydroxyl groups is 1. The zero-order chi connectivity index (χ0) is 11.5. The van der Waals surface area contributed by atoms with Crippen LogP contribution in [-0.2, 0) is 4.74 Å². The van der Waals surface area contributed by atoms with E-state index in [9.17, 15) is 5.11 Å². The van der Waals surface area contributed by atoms with Gasteiger partial charge in [-0.3, -0.25) is 0 Å². The smallest absolute Gasteiger partial charge is 0.0577 e. The van der Waals surface area contributed by atoms with Crippen LogP contribution in [0.5, 0.6) is 0 Å². The summed E-state index contributed by atoms with van der Waals surface area (Å²) in [5.74, 6) is 2.16. The van der Waals surface area contributed by atoms with Crippen LogP contribution in [0.4, 0.5) is 0 Å². The number of hydrogen-bond acceptors (Lipinski definition) is 2. The van der Waals surface area contributed by atoms with Gasteiger partial charge in [-0.1, -0.05) is 13.8 Å². The molecule has 0 aromatic carbocycles. The molecule has 94 valence electrons. The van der Waals surface area contributed by atoms with E-state index in [4.69, 9.17) is 4.74 Å². The van der Waals surface area contributed by atoms with Gasteiger partial charge in [-0.2, -0.15) is 0 Å². The van der Waals surface area contributed by atoms with E-state index < -0.39 is 0 Å². The Balaban J connectivity index is 1.65. The minimum Gasteiger partial charge on any atom is -0.393 e. The van der Waals surface area contributed by atoms with E-state index in [1.807, 2.05) is 0 Å². The lowest BCUT2D eigenvalue weighted by atomic mass is 9.93. The van der Waals surface area contributed by atoms with Crippen molar-refractivity contribution in [2.75, 3.05) is 6.61 Å². The van der Waals surface area contributed by atoms with Crippen LogP contribution >= 0.6 is 0 Å². The minimum atomic E-state index is -0.0426. The summed E-state index contributed by atoms with van der Waals surface area (Å²) in [7, 11) is 0. The Bertz CT molecular complexity index is 217. The van der Waals surface area contributed by atoms with Crippen molar-refractivity contribution >= 4 is 0 Å². The molecule has 0 heterocycles. The molecule has 0 aromatic rings. The summed E-state index contributed by atoms with van der Waals surface area (Å²) in [6.45, 7) is 5.50. The first-order chi connectivity index (χ1) is 7.65. The third kappa shape index (κ3) is 3.21. The molecule has 0 amide bonds. The molecule has 2 nitrogen and oxygen atoms in total. The predicted octanol–water partition coefficient (Wildman–Crippen LogP) is 2.99. The van der Waals surface area contributed by atoms with Crippen molar-refractivity contribution in [2.45, 2.75) is 64.6 Å². The molecule has 0 bridgehead atoms. The minimum absolute atomic E-state index is 0.0426. The predicted molar refractivity (Wildman–Crippen MR) is 65.3 cm³/mol. The summed E-state index contributed by atoms with van der Waals surface area (Å²) in [5.41, 5.74) is 0. The van der Waals surface area contributed by atoms with Crippen LogP contribution in [0, 0.1) is 17.8 Å². The normalized spacial score (nSPS) is 41.4. The molecule has 0 radical (unpaired) electrons. The van der Waals surface area contributed by atoms with Crippen LogP contribution in [0.25, 0.3) is 0 Å². The van der Waals surface area contributed by atoms with Crippen LogP contribution in [0.2, 0.25) is 0 Å². The van der Waals surface area contributed by atoms with E-state index in [0.717, 1.165) is 25.4 Å². The van der Waals surface area contributed by atoms with Crippen LogP contribution in [-0.4, -0.2) is 23.9 Å². The van der Waals surface area contributed by atoms with Gasteiger partial charge in [-0.05, 0) is 56.3 Å². The van der Waals surface area contributed by atoms with Crippen molar-refractivity contribution in [3.63, 3.8) is 0 Å². The molecule has 0 spiro atoms. The van der Waals surface area contributed by atoms with Crippen LogP contribution in [0.1, 0.15) is 52.4 Å². The average molecular weight is 226 g/mol. The molecule has 2 heteroatoms. The maximum atomic E-state index is 9.52. The molecule has 2 saturated carbocycles. The summed E-state index contributed by atoms with van der Waals surface area (Å²) in [4.78, 5) is 0. The largest absolute Gasteiger partial charge is 0.393 e.